The third-order valence-electron chi connectivity index (χ3n) is 4.43. The second kappa shape index (κ2) is 7.77. The molecule has 2 aromatic carbocycles. The number of benzene rings is 2. The molecule has 1 atom stereocenters. The largest absolute Gasteiger partial charge is 0.307 e. The van der Waals surface area contributed by atoms with Crippen LogP contribution in [0.4, 0.5) is 0 Å². The molecule has 22 heavy (non-hydrogen) atoms. The molecule has 0 aliphatic rings. The van der Waals surface area contributed by atoms with Crippen molar-refractivity contribution in [2.24, 2.45) is 0 Å². The van der Waals surface area contributed by atoms with Gasteiger partial charge < -0.3 is 4.48 Å². The lowest BCUT2D eigenvalue weighted by Crippen LogP contribution is -2.49. The van der Waals surface area contributed by atoms with Gasteiger partial charge in [-0.15, -0.1) is 0 Å². The van der Waals surface area contributed by atoms with Gasteiger partial charge >= 0.3 is 0 Å². The van der Waals surface area contributed by atoms with Gasteiger partial charge in [-0.1, -0.05) is 73.8 Å². The van der Waals surface area contributed by atoms with Gasteiger partial charge in [0.1, 0.15) is 12.6 Å². The van der Waals surface area contributed by atoms with Crippen LogP contribution in [-0.4, -0.2) is 17.6 Å². The summed E-state index contributed by atoms with van der Waals surface area (Å²) in [4.78, 5) is 0. The average Bonchev–Trinajstić information content (AvgIpc) is 2.56. The van der Waals surface area contributed by atoms with Crippen LogP contribution in [0.15, 0.2) is 86.0 Å². The average molecular weight is 292 g/mol. The molecule has 1 nitrogen and oxygen atoms in total. The third kappa shape index (κ3) is 3.75. The highest BCUT2D eigenvalue weighted by molar-refractivity contribution is 5.18. The van der Waals surface area contributed by atoms with E-state index in [1.54, 1.807) is 0 Å². The molecule has 0 aliphatic carbocycles. The van der Waals surface area contributed by atoms with Gasteiger partial charge in [0.2, 0.25) is 0 Å². The first-order valence-electron chi connectivity index (χ1n) is 7.88. The zero-order valence-electron chi connectivity index (χ0n) is 13.5. The van der Waals surface area contributed by atoms with Crippen molar-refractivity contribution in [1.29, 1.82) is 0 Å². The van der Waals surface area contributed by atoms with Crippen molar-refractivity contribution in [3.8, 4) is 0 Å². The smallest absolute Gasteiger partial charge is 0.113 e. The molecule has 0 radical (unpaired) electrons. The summed E-state index contributed by atoms with van der Waals surface area (Å²) < 4.78 is 0.918. The maximum atomic E-state index is 4.00. The van der Waals surface area contributed by atoms with Crippen LogP contribution in [0.1, 0.15) is 24.1 Å². The van der Waals surface area contributed by atoms with E-state index < -0.39 is 0 Å². The Kier molecular flexibility index (Phi) is 5.74. The van der Waals surface area contributed by atoms with Crippen molar-refractivity contribution in [1.82, 2.24) is 0 Å². The Morgan fingerprint density at radius 1 is 0.864 bits per heavy atom. The summed E-state index contributed by atoms with van der Waals surface area (Å²) >= 11 is 0. The van der Waals surface area contributed by atoms with Crippen molar-refractivity contribution in [3.05, 3.63) is 97.1 Å². The zero-order chi connectivity index (χ0) is 15.8. The Labute approximate surface area is 134 Å². The lowest BCUT2D eigenvalue weighted by Gasteiger charge is -2.42. The summed E-state index contributed by atoms with van der Waals surface area (Å²) in [7, 11) is 0. The number of nitrogens with zero attached hydrogens (tertiary/aromatic N) is 1. The van der Waals surface area contributed by atoms with Crippen molar-refractivity contribution in [2.75, 3.05) is 13.1 Å². The monoisotopic (exact) mass is 292 g/mol. The number of hydrogen-bond donors (Lipinski definition) is 0. The Hall–Kier alpha value is -2.12. The zero-order valence-corrected chi connectivity index (χ0v) is 13.5. The predicted octanol–water partition coefficient (Wildman–Crippen LogP) is 5.14. The second-order valence-corrected chi connectivity index (χ2v) is 5.89. The first kappa shape index (κ1) is 16.3. The van der Waals surface area contributed by atoms with Gasteiger partial charge in [-0.3, -0.25) is 0 Å². The maximum absolute atomic E-state index is 4.00. The lowest BCUT2D eigenvalue weighted by molar-refractivity contribution is -0.957. The molecule has 0 spiro atoms. The van der Waals surface area contributed by atoms with Crippen LogP contribution < -0.4 is 0 Å². The molecule has 0 saturated heterocycles. The quantitative estimate of drug-likeness (QED) is 0.467. The molecule has 0 fully saturated rings. The van der Waals surface area contributed by atoms with Crippen LogP contribution in [0.2, 0.25) is 0 Å². The van der Waals surface area contributed by atoms with Crippen LogP contribution in [-0.2, 0) is 6.54 Å². The maximum Gasteiger partial charge on any atom is 0.113 e. The highest BCUT2D eigenvalue weighted by Gasteiger charge is 2.33. The molecular formula is C21H26N+. The third-order valence-corrected chi connectivity index (χ3v) is 4.43. The van der Waals surface area contributed by atoms with Gasteiger partial charge in [0.15, 0.2) is 0 Å². The van der Waals surface area contributed by atoms with Crippen LogP contribution in [0.3, 0.4) is 0 Å². The number of hydrogen-bond acceptors (Lipinski definition) is 0. The van der Waals surface area contributed by atoms with E-state index in [2.05, 4.69) is 80.7 Å². The number of rotatable bonds is 8. The minimum atomic E-state index is 0.386. The Bertz CT molecular complexity index is 576. The Morgan fingerprint density at radius 3 is 1.86 bits per heavy atom. The summed E-state index contributed by atoms with van der Waals surface area (Å²) in [5, 5.41) is 0. The summed E-state index contributed by atoms with van der Waals surface area (Å²) in [6.07, 6.45) is 4.07. The van der Waals surface area contributed by atoms with Crippen LogP contribution in [0.25, 0.3) is 0 Å². The molecule has 0 heterocycles. The van der Waals surface area contributed by atoms with Crippen molar-refractivity contribution < 1.29 is 4.48 Å². The summed E-state index contributed by atoms with van der Waals surface area (Å²) in [5.41, 5.74) is 2.72. The molecule has 0 saturated carbocycles. The van der Waals surface area contributed by atoms with Crippen molar-refractivity contribution in [3.63, 3.8) is 0 Å². The summed E-state index contributed by atoms with van der Waals surface area (Å²) in [6, 6.07) is 21.8. The lowest BCUT2D eigenvalue weighted by atomic mass is 10.0. The topological polar surface area (TPSA) is 0 Å². The molecule has 0 N–H and O–H groups in total. The molecule has 2 aromatic rings. The van der Waals surface area contributed by atoms with Gasteiger partial charge in [-0.2, -0.15) is 0 Å². The fraction of sp³-hybridized carbons (Fsp3) is 0.238. The van der Waals surface area contributed by atoms with E-state index in [-0.39, 0.29) is 0 Å². The van der Waals surface area contributed by atoms with Crippen LogP contribution in [0.5, 0.6) is 0 Å². The highest BCUT2D eigenvalue weighted by Crippen LogP contribution is 2.31. The molecule has 0 aromatic heterocycles. The van der Waals surface area contributed by atoms with E-state index in [1.807, 2.05) is 12.2 Å². The summed E-state index contributed by atoms with van der Waals surface area (Å²) in [5.74, 6) is 0. The SMILES string of the molecule is C=CC[N+](CC=C)(Cc1ccccc1)C(C)c1ccccc1. The van der Waals surface area contributed by atoms with Gasteiger partial charge in [0.25, 0.3) is 0 Å². The van der Waals surface area contributed by atoms with Crippen LogP contribution >= 0.6 is 0 Å². The fourth-order valence-electron chi connectivity index (χ4n) is 3.17. The van der Waals surface area contributed by atoms with Gasteiger partial charge in [-0.05, 0) is 19.1 Å². The van der Waals surface area contributed by atoms with E-state index in [0.717, 1.165) is 24.1 Å². The van der Waals surface area contributed by atoms with E-state index in [1.165, 1.54) is 11.1 Å². The molecule has 1 heteroatoms. The van der Waals surface area contributed by atoms with E-state index in [9.17, 15) is 0 Å². The number of quaternary nitrogens is 1. The molecule has 0 amide bonds. The highest BCUT2D eigenvalue weighted by atomic mass is 15.4. The molecule has 114 valence electrons. The molecule has 0 aliphatic heterocycles. The predicted molar refractivity (Wildman–Crippen MR) is 95.4 cm³/mol. The molecule has 1 unspecified atom stereocenters. The molecule has 2 rings (SSSR count). The molecule has 0 bridgehead atoms. The normalized spacial score (nSPS) is 12.6. The summed E-state index contributed by atoms with van der Waals surface area (Å²) in [6.45, 7) is 13.1. The minimum absolute atomic E-state index is 0.386. The Balaban J connectivity index is 2.39. The van der Waals surface area contributed by atoms with E-state index in [4.69, 9.17) is 0 Å². The van der Waals surface area contributed by atoms with Gasteiger partial charge in [-0.25, -0.2) is 0 Å². The van der Waals surface area contributed by atoms with E-state index in [0.29, 0.717) is 6.04 Å². The molecular weight excluding hydrogens is 266 g/mol. The minimum Gasteiger partial charge on any atom is -0.307 e. The first-order chi connectivity index (χ1) is 10.7. The Morgan fingerprint density at radius 2 is 1.36 bits per heavy atom. The fourth-order valence-corrected chi connectivity index (χ4v) is 3.17. The second-order valence-electron chi connectivity index (χ2n) is 5.89. The van der Waals surface area contributed by atoms with Crippen LogP contribution in [0, 0.1) is 0 Å². The standard InChI is InChI=1S/C21H26N/c1-4-16-22(17-5-2,18-20-12-8-6-9-13-20)19(3)21-14-10-7-11-15-21/h4-15,19H,1-2,16-18H2,3H3/q+1. The van der Waals surface area contributed by atoms with Crippen molar-refractivity contribution >= 4 is 0 Å². The van der Waals surface area contributed by atoms with Gasteiger partial charge in [0.05, 0.1) is 13.1 Å². The van der Waals surface area contributed by atoms with Gasteiger partial charge in [0, 0.05) is 11.1 Å². The van der Waals surface area contributed by atoms with Crippen molar-refractivity contribution in [2.45, 2.75) is 19.5 Å². The first-order valence-corrected chi connectivity index (χ1v) is 7.88. The van der Waals surface area contributed by atoms with E-state index >= 15 is 0 Å².